The van der Waals surface area contributed by atoms with Crippen LogP contribution in [-0.2, 0) is 9.53 Å². The molecule has 0 saturated heterocycles. The Hall–Kier alpha value is -4.33. The zero-order valence-corrected chi connectivity index (χ0v) is 26.2. The highest BCUT2D eigenvalue weighted by atomic mass is 35.5. The van der Waals surface area contributed by atoms with Gasteiger partial charge in [0.15, 0.2) is 9.96 Å². The number of aromatic nitrogens is 3. The summed E-state index contributed by atoms with van der Waals surface area (Å²) in [6.45, 7) is 3.80. The van der Waals surface area contributed by atoms with E-state index in [2.05, 4.69) is 9.97 Å². The topological polar surface area (TPSA) is 139 Å². The lowest BCUT2D eigenvalue weighted by Gasteiger charge is -2.27. The largest absolute Gasteiger partial charge is 0.496 e. The zero-order chi connectivity index (χ0) is 31.4. The molecule has 0 aliphatic carbocycles. The number of benzene rings is 2. The third-order valence-electron chi connectivity index (χ3n) is 6.61. The average Bonchev–Trinajstić information content (AvgIpc) is 3.32. The summed E-state index contributed by atoms with van der Waals surface area (Å²) in [6.07, 6.45) is 5.92. The van der Waals surface area contributed by atoms with Gasteiger partial charge in [0, 0.05) is 40.0 Å². The number of nitro benzene ring substituents is 1. The molecule has 0 amide bonds. The van der Waals surface area contributed by atoms with Gasteiger partial charge in [-0.25, -0.2) is 19.8 Å². The summed E-state index contributed by atoms with van der Waals surface area (Å²) < 4.78 is 12.8. The van der Waals surface area contributed by atoms with Gasteiger partial charge in [-0.3, -0.25) is 19.5 Å². The quantitative estimate of drug-likeness (QED) is 0.0993. The van der Waals surface area contributed by atoms with Crippen molar-refractivity contribution in [2.24, 2.45) is 4.99 Å². The van der Waals surface area contributed by atoms with Crippen LogP contribution in [0.1, 0.15) is 43.9 Å². The molecular formula is C30H26ClN5O6S2. The fourth-order valence-corrected chi connectivity index (χ4v) is 6.75. The monoisotopic (exact) mass is 651 g/mol. The first kappa shape index (κ1) is 31.1. The number of hydrogen-bond acceptors (Lipinski definition) is 11. The molecule has 0 fully saturated rings. The number of nitro groups is 1. The van der Waals surface area contributed by atoms with Crippen molar-refractivity contribution in [2.75, 3.05) is 13.7 Å². The molecule has 1 atom stereocenters. The van der Waals surface area contributed by atoms with Gasteiger partial charge in [0.05, 0.1) is 34.4 Å². The van der Waals surface area contributed by atoms with Crippen LogP contribution in [0, 0.1) is 10.1 Å². The highest BCUT2D eigenvalue weighted by Gasteiger charge is 2.36. The Kier molecular flexibility index (Phi) is 9.57. The molecular weight excluding hydrogens is 626 g/mol. The van der Waals surface area contributed by atoms with Gasteiger partial charge in [0.2, 0.25) is 0 Å². The van der Waals surface area contributed by atoms with Crippen LogP contribution >= 0.6 is 34.7 Å². The van der Waals surface area contributed by atoms with Crippen LogP contribution in [0.4, 0.5) is 5.69 Å². The van der Waals surface area contributed by atoms with Crippen molar-refractivity contribution in [2.45, 2.75) is 42.8 Å². The molecule has 0 saturated carbocycles. The number of fused-ring (bicyclic) bond motifs is 1. The number of nitrogens with zero attached hydrogens (tertiary/aromatic N) is 5. The fourth-order valence-electron chi connectivity index (χ4n) is 4.77. The van der Waals surface area contributed by atoms with Crippen LogP contribution < -0.4 is 19.6 Å². The number of hydrogen-bond donors (Lipinski definition) is 0. The minimum absolute atomic E-state index is 0.129. The Bertz CT molecular complexity index is 1960. The number of ether oxygens (including phenoxy) is 2. The third kappa shape index (κ3) is 6.30. The van der Waals surface area contributed by atoms with Gasteiger partial charge in [-0.05, 0) is 67.1 Å². The molecule has 44 heavy (non-hydrogen) atoms. The fraction of sp³-hybridized carbons (Fsp3) is 0.233. The van der Waals surface area contributed by atoms with E-state index < -0.39 is 22.5 Å². The van der Waals surface area contributed by atoms with E-state index in [0.29, 0.717) is 55.3 Å². The maximum atomic E-state index is 14.2. The van der Waals surface area contributed by atoms with E-state index in [9.17, 15) is 19.7 Å². The second-order valence-electron chi connectivity index (χ2n) is 9.41. The van der Waals surface area contributed by atoms with Crippen molar-refractivity contribution in [1.29, 1.82) is 0 Å². The number of thiazole rings is 1. The molecule has 0 spiro atoms. The molecule has 4 aromatic rings. The van der Waals surface area contributed by atoms with Gasteiger partial charge in [-0.15, -0.1) is 0 Å². The lowest BCUT2D eigenvalue weighted by Crippen LogP contribution is -2.40. The van der Waals surface area contributed by atoms with Gasteiger partial charge in [-0.1, -0.05) is 36.3 Å². The number of carbonyl (C=O) groups excluding carboxylic acids is 1. The Morgan fingerprint density at radius 1 is 1.20 bits per heavy atom. The number of allylic oxidation sites excluding steroid dienone is 1. The molecule has 5 rings (SSSR count). The Morgan fingerprint density at radius 3 is 2.66 bits per heavy atom. The summed E-state index contributed by atoms with van der Waals surface area (Å²) >= 11 is 8.74. The van der Waals surface area contributed by atoms with E-state index in [0.717, 1.165) is 11.3 Å². The van der Waals surface area contributed by atoms with Crippen LogP contribution in [0.5, 0.6) is 5.75 Å². The van der Waals surface area contributed by atoms with Crippen molar-refractivity contribution in [3.63, 3.8) is 0 Å². The first-order chi connectivity index (χ1) is 21.2. The number of halogens is 1. The minimum Gasteiger partial charge on any atom is -0.496 e. The number of rotatable bonds is 10. The third-order valence-corrected chi connectivity index (χ3v) is 8.82. The van der Waals surface area contributed by atoms with Gasteiger partial charge in [0.25, 0.3) is 11.2 Å². The van der Waals surface area contributed by atoms with Crippen LogP contribution in [0.25, 0.3) is 6.08 Å². The molecule has 1 aliphatic heterocycles. The summed E-state index contributed by atoms with van der Waals surface area (Å²) in [5.41, 5.74) is 1.05. The molecule has 0 bridgehead atoms. The molecule has 1 aliphatic rings. The number of carbonyl (C=O) groups is 1. The summed E-state index contributed by atoms with van der Waals surface area (Å²) in [4.78, 5) is 53.1. The molecule has 14 heteroatoms. The molecule has 2 aromatic carbocycles. The number of non-ortho nitro benzene ring substituents is 1. The second kappa shape index (κ2) is 13.5. The van der Waals surface area contributed by atoms with E-state index in [1.807, 2.05) is 6.92 Å². The van der Waals surface area contributed by atoms with E-state index in [1.165, 1.54) is 35.6 Å². The molecule has 11 nitrogen and oxygen atoms in total. The Balaban J connectivity index is 1.78. The highest BCUT2D eigenvalue weighted by Crippen LogP contribution is 2.38. The van der Waals surface area contributed by atoms with Crippen LogP contribution in [0.2, 0.25) is 5.02 Å². The lowest BCUT2D eigenvalue weighted by molar-refractivity contribution is -0.384. The minimum atomic E-state index is -0.945. The van der Waals surface area contributed by atoms with E-state index >= 15 is 0 Å². The van der Waals surface area contributed by atoms with Crippen molar-refractivity contribution in [3.8, 4) is 5.75 Å². The summed E-state index contributed by atoms with van der Waals surface area (Å²) in [5.74, 6) is -0.171. The van der Waals surface area contributed by atoms with E-state index in [4.69, 9.17) is 26.1 Å². The van der Waals surface area contributed by atoms with Crippen LogP contribution in [-0.4, -0.2) is 39.1 Å². The molecule has 226 valence electrons. The standard InChI is InChI=1S/C30H26ClN5O6S2/c1-4-7-21-25(28(38)42-5-2)26(20-16-18(31)8-10-22(20)41-3)35-27(37)24(44-30(35)34-21)15-17-14-19(36(39)40)9-11-23(17)43-29-32-12-6-13-33-29/h6,8-16,26H,4-5,7H2,1-3H3/b24-15-/t26-/m1/s1. The van der Waals surface area contributed by atoms with Crippen molar-refractivity contribution in [3.05, 3.63) is 112 Å². The van der Waals surface area contributed by atoms with Gasteiger partial charge in [-0.2, -0.15) is 0 Å². The SMILES string of the molecule is CCCC1=C(C(=O)OCC)[C@@H](c2cc(Cl)ccc2OC)n2c(s/c(=C\c3cc([N+](=O)[O-])ccc3Sc3ncccn3)c2=O)=N1. The normalized spacial score (nSPS) is 14.6. The molecule has 0 radical (unpaired) electrons. The number of methoxy groups -OCH3 is 1. The molecule has 0 N–H and O–H groups in total. The molecule has 3 heterocycles. The maximum absolute atomic E-state index is 14.2. The van der Waals surface area contributed by atoms with Crippen LogP contribution in [0.3, 0.4) is 0 Å². The number of esters is 1. The molecule has 0 unspecified atom stereocenters. The summed E-state index contributed by atoms with van der Waals surface area (Å²) in [7, 11) is 1.50. The Labute approximate surface area is 264 Å². The molecule has 2 aromatic heterocycles. The predicted molar refractivity (Wildman–Crippen MR) is 167 cm³/mol. The van der Waals surface area contributed by atoms with Crippen molar-refractivity contribution >= 4 is 52.4 Å². The van der Waals surface area contributed by atoms with Crippen LogP contribution in [0.15, 0.2) is 86.0 Å². The van der Waals surface area contributed by atoms with Gasteiger partial charge >= 0.3 is 5.97 Å². The second-order valence-corrected chi connectivity index (χ2v) is 11.9. The van der Waals surface area contributed by atoms with Crippen molar-refractivity contribution in [1.82, 2.24) is 14.5 Å². The lowest BCUT2D eigenvalue weighted by atomic mass is 9.93. The summed E-state index contributed by atoms with van der Waals surface area (Å²) in [5, 5.41) is 12.5. The smallest absolute Gasteiger partial charge is 0.338 e. The average molecular weight is 652 g/mol. The zero-order valence-electron chi connectivity index (χ0n) is 23.9. The maximum Gasteiger partial charge on any atom is 0.338 e. The van der Waals surface area contributed by atoms with Gasteiger partial charge < -0.3 is 9.47 Å². The first-order valence-corrected chi connectivity index (χ1v) is 15.6. The van der Waals surface area contributed by atoms with Gasteiger partial charge in [0.1, 0.15) is 11.8 Å². The Morgan fingerprint density at radius 2 is 1.98 bits per heavy atom. The first-order valence-electron chi connectivity index (χ1n) is 13.5. The van der Waals surface area contributed by atoms with E-state index in [1.54, 1.807) is 55.7 Å². The van der Waals surface area contributed by atoms with E-state index in [-0.39, 0.29) is 22.4 Å². The summed E-state index contributed by atoms with van der Waals surface area (Å²) in [6, 6.07) is 10.1. The predicted octanol–water partition coefficient (Wildman–Crippen LogP) is 5.09. The van der Waals surface area contributed by atoms with Crippen molar-refractivity contribution < 1.29 is 19.2 Å². The highest BCUT2D eigenvalue weighted by molar-refractivity contribution is 7.99.